The van der Waals surface area contributed by atoms with E-state index in [1.165, 1.54) is 180 Å². The number of allylic oxidation sites excluding steroid dienone is 9. The summed E-state index contributed by atoms with van der Waals surface area (Å²) in [6, 6.07) is -0.848. The molecule has 3 N–H and O–H groups in total. The topological polar surface area (TPSA) is 105 Å². The lowest BCUT2D eigenvalue weighted by Gasteiger charge is -2.25. The number of unbranched alkanes of at least 4 members (excludes halogenated alkanes) is 32. The zero-order valence-corrected chi connectivity index (χ0v) is 46.9. The molecule has 1 amide bonds. The van der Waals surface area contributed by atoms with Gasteiger partial charge in [0.05, 0.1) is 39.9 Å². The largest absolute Gasteiger partial charge is 0.472 e. The summed E-state index contributed by atoms with van der Waals surface area (Å²) in [5, 5.41) is 13.9. The van der Waals surface area contributed by atoms with Crippen LogP contribution in [0.1, 0.15) is 264 Å². The van der Waals surface area contributed by atoms with Crippen molar-refractivity contribution >= 4 is 13.7 Å². The molecule has 0 aromatic rings. The molecule has 0 saturated heterocycles. The number of nitrogens with zero attached hydrogens (tertiary/aromatic N) is 1. The number of phosphoric ester groups is 1. The predicted molar refractivity (Wildman–Crippen MR) is 300 cm³/mol. The second kappa shape index (κ2) is 51.1. The summed E-state index contributed by atoms with van der Waals surface area (Å²) in [7, 11) is 1.58. The van der Waals surface area contributed by atoms with Gasteiger partial charge in [-0.3, -0.25) is 13.8 Å². The van der Waals surface area contributed by atoms with Crippen LogP contribution in [0.15, 0.2) is 60.8 Å². The molecule has 69 heavy (non-hydrogen) atoms. The summed E-state index contributed by atoms with van der Waals surface area (Å²) in [6.07, 6.45) is 68.9. The third-order valence-electron chi connectivity index (χ3n) is 13.0. The maximum absolute atomic E-state index is 13.0. The van der Waals surface area contributed by atoms with E-state index in [4.69, 9.17) is 9.05 Å². The second-order valence-electron chi connectivity index (χ2n) is 21.0. The molecule has 0 aromatic heterocycles. The lowest BCUT2D eigenvalue weighted by molar-refractivity contribution is -0.870. The van der Waals surface area contributed by atoms with Crippen molar-refractivity contribution in [3.05, 3.63) is 60.8 Å². The first-order chi connectivity index (χ1) is 33.5. The number of amides is 1. The monoisotopic (exact) mass is 990 g/mol. The van der Waals surface area contributed by atoms with E-state index < -0.39 is 20.0 Å². The zero-order valence-electron chi connectivity index (χ0n) is 46.0. The van der Waals surface area contributed by atoms with Crippen LogP contribution in [-0.2, 0) is 18.4 Å². The summed E-state index contributed by atoms with van der Waals surface area (Å²) in [5.41, 5.74) is 0. The maximum Gasteiger partial charge on any atom is 0.472 e. The number of nitrogens with one attached hydrogen (secondary N) is 1. The van der Waals surface area contributed by atoms with E-state index in [0.717, 1.165) is 64.2 Å². The molecular weight excluding hydrogens is 876 g/mol. The summed E-state index contributed by atoms with van der Waals surface area (Å²) in [6.45, 7) is 4.73. The Bertz CT molecular complexity index is 1310. The molecule has 0 saturated carbocycles. The van der Waals surface area contributed by atoms with E-state index in [9.17, 15) is 19.4 Å². The first kappa shape index (κ1) is 67.2. The number of aliphatic hydroxyl groups excluding tert-OH is 1. The standard InChI is InChI=1S/C60H113N2O6P/c1-6-8-10-12-14-16-18-20-22-24-26-27-28-29-30-31-32-33-34-35-36-38-40-42-44-46-48-50-52-54-60(64)61-58(57-68-69(65,66)67-56-55-62(3,4)5)59(63)53-51-49-47-45-43-41-39-37-25-23-21-19-17-15-13-11-9-7-2/h8,10,14,16,20,22,26-27,51,53,58-59,63H,6-7,9,11-13,15,17-19,21,23-25,28-50,52,54-57H2,1-5H3,(H-,61,64,65,66)/p+1/b10-8-,16-14-,22-20-,27-26-,53-51+. The third-order valence-corrected chi connectivity index (χ3v) is 14.0. The van der Waals surface area contributed by atoms with Gasteiger partial charge in [-0.05, 0) is 57.8 Å². The molecule has 8 nitrogen and oxygen atoms in total. The van der Waals surface area contributed by atoms with Crippen molar-refractivity contribution in [3.63, 3.8) is 0 Å². The highest BCUT2D eigenvalue weighted by molar-refractivity contribution is 7.47. The molecule has 0 aliphatic rings. The number of aliphatic hydroxyl groups is 1. The Morgan fingerprint density at radius 1 is 0.507 bits per heavy atom. The minimum Gasteiger partial charge on any atom is -0.387 e. The molecular formula is C60H114N2O6P+. The first-order valence-corrected chi connectivity index (χ1v) is 30.7. The highest BCUT2D eigenvalue weighted by atomic mass is 31.2. The lowest BCUT2D eigenvalue weighted by Crippen LogP contribution is -2.45. The van der Waals surface area contributed by atoms with E-state index in [-0.39, 0.29) is 19.1 Å². The highest BCUT2D eigenvalue weighted by Gasteiger charge is 2.27. The van der Waals surface area contributed by atoms with E-state index in [1.807, 2.05) is 27.2 Å². The Labute approximate surface area is 428 Å². The lowest BCUT2D eigenvalue weighted by atomic mass is 10.0. The highest BCUT2D eigenvalue weighted by Crippen LogP contribution is 2.43. The summed E-state index contributed by atoms with van der Waals surface area (Å²) in [4.78, 5) is 23.3. The molecule has 404 valence electrons. The SMILES string of the molecule is CC/C=C\C/C=C\C/C=C\C/C=C\CCCCCCCCCCCCCCCCCCC(=O)NC(COP(=O)(O)OCC[N+](C)(C)C)C(O)/C=C/CCCCCCCCCCCCCCCCCC. The molecule has 3 atom stereocenters. The zero-order chi connectivity index (χ0) is 50.6. The Morgan fingerprint density at radius 3 is 1.28 bits per heavy atom. The fourth-order valence-corrected chi connectivity index (χ4v) is 9.18. The van der Waals surface area contributed by atoms with Crippen molar-refractivity contribution in [2.75, 3.05) is 40.9 Å². The molecule has 0 aromatic carbocycles. The molecule has 0 bridgehead atoms. The van der Waals surface area contributed by atoms with Crippen molar-refractivity contribution in [1.82, 2.24) is 5.32 Å². The van der Waals surface area contributed by atoms with Gasteiger partial charge in [-0.1, -0.05) is 261 Å². The Balaban J connectivity index is 4.14. The van der Waals surface area contributed by atoms with Gasteiger partial charge in [-0.15, -0.1) is 0 Å². The number of hydrogen-bond acceptors (Lipinski definition) is 5. The van der Waals surface area contributed by atoms with Crippen LogP contribution in [-0.4, -0.2) is 73.4 Å². The molecule has 0 fully saturated rings. The van der Waals surface area contributed by atoms with Gasteiger partial charge in [-0.2, -0.15) is 0 Å². The normalized spacial score (nSPS) is 14.4. The number of hydrogen-bond donors (Lipinski definition) is 3. The molecule has 0 spiro atoms. The number of likely N-dealkylation sites (N-methyl/N-ethyl adjacent to an activating group) is 1. The minimum absolute atomic E-state index is 0.0612. The van der Waals surface area contributed by atoms with Crippen molar-refractivity contribution in [2.24, 2.45) is 0 Å². The second-order valence-corrected chi connectivity index (χ2v) is 22.4. The predicted octanol–water partition coefficient (Wildman–Crippen LogP) is 17.7. The van der Waals surface area contributed by atoms with Gasteiger partial charge in [0.2, 0.25) is 5.91 Å². The molecule has 0 heterocycles. The average molecular weight is 991 g/mol. The van der Waals surface area contributed by atoms with Crippen LogP contribution in [0.4, 0.5) is 0 Å². The first-order valence-electron chi connectivity index (χ1n) is 29.2. The number of carbonyl (C=O) groups excluding carboxylic acids is 1. The molecule has 0 aliphatic carbocycles. The van der Waals surface area contributed by atoms with Crippen LogP contribution in [0.5, 0.6) is 0 Å². The number of phosphoric acid groups is 1. The quantitative estimate of drug-likeness (QED) is 0.0243. The minimum atomic E-state index is -4.35. The van der Waals surface area contributed by atoms with Crippen LogP contribution in [0, 0.1) is 0 Å². The van der Waals surface area contributed by atoms with Crippen molar-refractivity contribution in [2.45, 2.75) is 276 Å². The van der Waals surface area contributed by atoms with Crippen LogP contribution in [0.3, 0.4) is 0 Å². The van der Waals surface area contributed by atoms with Crippen molar-refractivity contribution in [3.8, 4) is 0 Å². The Kier molecular flexibility index (Phi) is 49.8. The van der Waals surface area contributed by atoms with Gasteiger partial charge in [0.1, 0.15) is 13.2 Å². The fraction of sp³-hybridized carbons (Fsp3) is 0.817. The van der Waals surface area contributed by atoms with Crippen LogP contribution < -0.4 is 5.32 Å². The summed E-state index contributed by atoms with van der Waals surface area (Å²) in [5.74, 6) is -0.176. The van der Waals surface area contributed by atoms with E-state index in [2.05, 4.69) is 67.8 Å². The third kappa shape index (κ3) is 53.8. The van der Waals surface area contributed by atoms with Crippen molar-refractivity contribution < 1.29 is 32.9 Å². The molecule has 0 aliphatic heterocycles. The molecule has 0 radical (unpaired) electrons. The number of rotatable bonds is 53. The summed E-state index contributed by atoms with van der Waals surface area (Å²) >= 11 is 0. The van der Waals surface area contributed by atoms with Crippen molar-refractivity contribution in [1.29, 1.82) is 0 Å². The van der Waals surface area contributed by atoms with E-state index in [1.54, 1.807) is 6.08 Å². The van der Waals surface area contributed by atoms with Crippen LogP contribution >= 0.6 is 7.82 Å². The molecule has 9 heteroatoms. The van der Waals surface area contributed by atoms with Gasteiger partial charge < -0.3 is 19.8 Å². The van der Waals surface area contributed by atoms with Gasteiger partial charge >= 0.3 is 7.82 Å². The van der Waals surface area contributed by atoms with E-state index >= 15 is 0 Å². The van der Waals surface area contributed by atoms with Crippen LogP contribution in [0.25, 0.3) is 0 Å². The maximum atomic E-state index is 13.0. The Morgan fingerprint density at radius 2 is 0.870 bits per heavy atom. The number of carbonyl (C=O) groups is 1. The van der Waals surface area contributed by atoms with Gasteiger partial charge in [0, 0.05) is 6.42 Å². The average Bonchev–Trinajstić information content (AvgIpc) is 3.31. The molecule has 3 unspecified atom stereocenters. The van der Waals surface area contributed by atoms with Gasteiger partial charge in [0.15, 0.2) is 0 Å². The van der Waals surface area contributed by atoms with Crippen LogP contribution in [0.2, 0.25) is 0 Å². The summed E-state index contributed by atoms with van der Waals surface area (Å²) < 4.78 is 23.7. The Hall–Kier alpha value is -1.80. The van der Waals surface area contributed by atoms with E-state index in [0.29, 0.717) is 17.4 Å². The molecule has 0 rings (SSSR count). The number of quaternary nitrogens is 1. The smallest absolute Gasteiger partial charge is 0.387 e. The van der Waals surface area contributed by atoms with Gasteiger partial charge in [0.25, 0.3) is 0 Å². The van der Waals surface area contributed by atoms with Gasteiger partial charge in [-0.25, -0.2) is 4.57 Å². The fourth-order valence-electron chi connectivity index (χ4n) is 8.45.